The molecule has 34 heavy (non-hydrogen) atoms. The first-order valence-corrected chi connectivity index (χ1v) is 12.0. The molecule has 1 amide bonds. The zero-order chi connectivity index (χ0) is 23.5. The number of carbonyl (C=O) groups excluding carboxylic acids is 1. The summed E-state index contributed by atoms with van der Waals surface area (Å²) in [6, 6.07) is 29.5. The van der Waals surface area contributed by atoms with Crippen molar-refractivity contribution < 1.29 is 13.2 Å². The van der Waals surface area contributed by atoms with Crippen LogP contribution in [0.25, 0.3) is 22.4 Å². The summed E-state index contributed by atoms with van der Waals surface area (Å²) in [7, 11) is -3.84. The van der Waals surface area contributed by atoms with Gasteiger partial charge < -0.3 is 10.3 Å². The highest BCUT2D eigenvalue weighted by Gasteiger charge is 2.18. The summed E-state index contributed by atoms with van der Waals surface area (Å²) in [5.41, 5.74) is 3.54. The number of nitrogens with one attached hydrogen (secondary N) is 3. The molecule has 0 aliphatic rings. The van der Waals surface area contributed by atoms with Crippen molar-refractivity contribution >= 4 is 38.3 Å². The molecule has 0 aliphatic carbocycles. The van der Waals surface area contributed by atoms with Crippen LogP contribution in [0.4, 0.5) is 11.4 Å². The molecule has 7 nitrogen and oxygen atoms in total. The Hall–Kier alpha value is -4.43. The molecule has 4 aromatic carbocycles. The standard InChI is InChI=1S/C26H20N4O3S/c31-26(21-13-4-5-14-22(21)30-34(32,33)20-11-2-1-3-12-20)27-19-10-8-9-18(17-19)25-28-23-15-6-7-16-24(23)29-25/h1-17,30H,(H,27,31)(H,28,29). The minimum atomic E-state index is -3.84. The van der Waals surface area contributed by atoms with Crippen molar-refractivity contribution in [1.29, 1.82) is 0 Å². The smallest absolute Gasteiger partial charge is 0.261 e. The number of sulfonamides is 1. The number of amides is 1. The molecule has 0 radical (unpaired) electrons. The summed E-state index contributed by atoms with van der Waals surface area (Å²) in [5.74, 6) is 0.251. The van der Waals surface area contributed by atoms with Crippen LogP contribution in [0.5, 0.6) is 0 Å². The molecule has 1 heterocycles. The molecular weight excluding hydrogens is 448 g/mol. The predicted molar refractivity (Wildman–Crippen MR) is 133 cm³/mol. The van der Waals surface area contributed by atoms with Crippen LogP contribution in [-0.2, 0) is 10.0 Å². The van der Waals surface area contributed by atoms with Gasteiger partial charge in [-0.05, 0) is 48.5 Å². The summed E-state index contributed by atoms with van der Waals surface area (Å²) >= 11 is 0. The third-order valence-electron chi connectivity index (χ3n) is 5.25. The fraction of sp³-hybridized carbons (Fsp3) is 0. The summed E-state index contributed by atoms with van der Waals surface area (Å²) in [4.78, 5) is 21.1. The third kappa shape index (κ3) is 4.39. The number of carbonyl (C=O) groups is 1. The minimum absolute atomic E-state index is 0.115. The molecular formula is C26H20N4O3S. The molecule has 0 atom stereocenters. The molecule has 0 fully saturated rings. The molecule has 0 bridgehead atoms. The number of fused-ring (bicyclic) bond motifs is 1. The Balaban J connectivity index is 1.40. The Labute approximate surface area is 196 Å². The van der Waals surface area contributed by atoms with E-state index in [1.165, 1.54) is 12.1 Å². The van der Waals surface area contributed by atoms with Crippen molar-refractivity contribution in [2.45, 2.75) is 4.90 Å². The van der Waals surface area contributed by atoms with Gasteiger partial charge in [-0.25, -0.2) is 13.4 Å². The first kappa shape index (κ1) is 21.4. The van der Waals surface area contributed by atoms with E-state index in [-0.39, 0.29) is 16.1 Å². The van der Waals surface area contributed by atoms with Gasteiger partial charge in [-0.3, -0.25) is 9.52 Å². The largest absolute Gasteiger partial charge is 0.338 e. The van der Waals surface area contributed by atoms with E-state index >= 15 is 0 Å². The van der Waals surface area contributed by atoms with Gasteiger partial charge in [-0.1, -0.05) is 54.6 Å². The Morgan fingerprint density at radius 2 is 1.53 bits per heavy atom. The van der Waals surface area contributed by atoms with Crippen molar-refractivity contribution in [2.75, 3.05) is 10.0 Å². The number of para-hydroxylation sites is 3. The van der Waals surface area contributed by atoms with Gasteiger partial charge >= 0.3 is 0 Å². The van der Waals surface area contributed by atoms with Crippen molar-refractivity contribution in [1.82, 2.24) is 9.97 Å². The Bertz CT molecular complexity index is 1560. The molecule has 5 aromatic rings. The van der Waals surface area contributed by atoms with E-state index in [1.807, 2.05) is 42.5 Å². The van der Waals surface area contributed by atoms with Crippen molar-refractivity contribution in [2.24, 2.45) is 0 Å². The van der Waals surface area contributed by atoms with Crippen LogP contribution >= 0.6 is 0 Å². The molecule has 0 spiro atoms. The van der Waals surface area contributed by atoms with Crippen LogP contribution in [-0.4, -0.2) is 24.3 Å². The molecule has 5 rings (SSSR count). The maximum absolute atomic E-state index is 13.1. The number of aromatic nitrogens is 2. The van der Waals surface area contributed by atoms with Crippen LogP contribution in [0.1, 0.15) is 10.4 Å². The monoisotopic (exact) mass is 468 g/mol. The maximum atomic E-state index is 13.1. The van der Waals surface area contributed by atoms with Gasteiger partial charge in [0.05, 0.1) is 27.2 Å². The molecule has 0 saturated heterocycles. The van der Waals surface area contributed by atoms with Crippen LogP contribution in [0, 0.1) is 0 Å². The Morgan fingerprint density at radius 3 is 2.35 bits per heavy atom. The molecule has 168 valence electrons. The normalized spacial score (nSPS) is 11.3. The summed E-state index contributed by atoms with van der Waals surface area (Å²) in [6.45, 7) is 0. The maximum Gasteiger partial charge on any atom is 0.261 e. The van der Waals surface area contributed by atoms with Gasteiger partial charge in [0.2, 0.25) is 0 Å². The second-order valence-corrected chi connectivity index (χ2v) is 9.28. The third-order valence-corrected chi connectivity index (χ3v) is 6.63. The fourth-order valence-corrected chi connectivity index (χ4v) is 4.71. The lowest BCUT2D eigenvalue weighted by Crippen LogP contribution is -2.18. The van der Waals surface area contributed by atoms with Crippen LogP contribution in [0.3, 0.4) is 0 Å². The first-order chi connectivity index (χ1) is 16.5. The number of imidazole rings is 1. The van der Waals surface area contributed by atoms with E-state index in [9.17, 15) is 13.2 Å². The summed E-state index contributed by atoms with van der Waals surface area (Å²) in [5, 5.41) is 2.85. The van der Waals surface area contributed by atoms with Crippen molar-refractivity contribution in [3.05, 3.63) is 109 Å². The SMILES string of the molecule is O=C(Nc1cccc(-c2nc3ccccc3[nH]2)c1)c1ccccc1NS(=O)(=O)c1ccccc1. The van der Waals surface area contributed by atoms with E-state index in [4.69, 9.17) is 0 Å². The number of hydrogen-bond acceptors (Lipinski definition) is 4. The van der Waals surface area contributed by atoms with Crippen LogP contribution in [0.15, 0.2) is 108 Å². The number of rotatable bonds is 6. The topological polar surface area (TPSA) is 104 Å². The average Bonchev–Trinajstić information content (AvgIpc) is 3.29. The quantitative estimate of drug-likeness (QED) is 0.315. The lowest BCUT2D eigenvalue weighted by Gasteiger charge is -2.13. The first-order valence-electron chi connectivity index (χ1n) is 10.5. The second-order valence-electron chi connectivity index (χ2n) is 7.60. The van der Waals surface area contributed by atoms with E-state index in [0.29, 0.717) is 11.5 Å². The predicted octanol–water partition coefficient (Wildman–Crippen LogP) is 5.28. The highest BCUT2D eigenvalue weighted by molar-refractivity contribution is 7.92. The Morgan fingerprint density at radius 1 is 0.794 bits per heavy atom. The average molecular weight is 469 g/mol. The highest BCUT2D eigenvalue weighted by atomic mass is 32.2. The molecule has 3 N–H and O–H groups in total. The molecule has 0 unspecified atom stereocenters. The van der Waals surface area contributed by atoms with Crippen molar-refractivity contribution in [3.8, 4) is 11.4 Å². The zero-order valence-electron chi connectivity index (χ0n) is 17.9. The van der Waals surface area contributed by atoms with E-state index < -0.39 is 15.9 Å². The van der Waals surface area contributed by atoms with Gasteiger partial charge in [0.25, 0.3) is 15.9 Å². The highest BCUT2D eigenvalue weighted by Crippen LogP contribution is 2.25. The van der Waals surface area contributed by atoms with Gasteiger partial charge in [0.15, 0.2) is 0 Å². The van der Waals surface area contributed by atoms with Gasteiger partial charge in [0, 0.05) is 11.3 Å². The second kappa shape index (κ2) is 8.84. The van der Waals surface area contributed by atoms with Crippen LogP contribution < -0.4 is 10.0 Å². The molecule has 0 saturated carbocycles. The van der Waals surface area contributed by atoms with Crippen molar-refractivity contribution in [3.63, 3.8) is 0 Å². The van der Waals surface area contributed by atoms with Gasteiger partial charge in [-0.2, -0.15) is 0 Å². The van der Waals surface area contributed by atoms with E-state index in [1.54, 1.807) is 48.5 Å². The molecule has 1 aromatic heterocycles. The number of benzene rings is 4. The van der Waals surface area contributed by atoms with Crippen LogP contribution in [0.2, 0.25) is 0 Å². The van der Waals surface area contributed by atoms with E-state index in [2.05, 4.69) is 20.0 Å². The number of hydrogen-bond donors (Lipinski definition) is 3. The lowest BCUT2D eigenvalue weighted by molar-refractivity contribution is 0.102. The lowest BCUT2D eigenvalue weighted by atomic mass is 10.1. The zero-order valence-corrected chi connectivity index (χ0v) is 18.7. The molecule has 8 heteroatoms. The summed E-state index contributed by atoms with van der Waals surface area (Å²) < 4.78 is 28.0. The Kier molecular flexibility index (Phi) is 5.57. The number of H-pyrrole nitrogens is 1. The minimum Gasteiger partial charge on any atom is -0.338 e. The molecule has 0 aliphatic heterocycles. The summed E-state index contributed by atoms with van der Waals surface area (Å²) in [6.07, 6.45) is 0. The number of aromatic amines is 1. The number of nitrogens with zero attached hydrogens (tertiary/aromatic N) is 1. The van der Waals surface area contributed by atoms with Gasteiger partial charge in [-0.15, -0.1) is 0 Å². The van der Waals surface area contributed by atoms with E-state index in [0.717, 1.165) is 16.6 Å². The van der Waals surface area contributed by atoms with Gasteiger partial charge in [0.1, 0.15) is 5.82 Å². The fourth-order valence-electron chi connectivity index (χ4n) is 3.61. The number of anilines is 2.